The lowest BCUT2D eigenvalue weighted by molar-refractivity contribution is 0.227. The van der Waals surface area contributed by atoms with Crippen molar-refractivity contribution in [2.45, 2.75) is 0 Å². The number of aliphatic hydroxyl groups is 1. The summed E-state index contributed by atoms with van der Waals surface area (Å²) in [5.74, 6) is 0. The Labute approximate surface area is 66.4 Å². The molecule has 1 heterocycles. The van der Waals surface area contributed by atoms with Crippen LogP contribution in [0.2, 0.25) is 0 Å². The van der Waals surface area contributed by atoms with Gasteiger partial charge in [0.1, 0.15) is 0 Å². The van der Waals surface area contributed by atoms with Gasteiger partial charge in [-0.15, -0.1) is 0 Å². The number of hydrogen-bond acceptors (Lipinski definition) is 3. The monoisotopic (exact) mass is 155 g/mol. The molecule has 0 aromatic heterocycles. The molecule has 0 atom stereocenters. The van der Waals surface area contributed by atoms with Crippen LogP contribution in [-0.4, -0.2) is 32.0 Å². The van der Waals surface area contributed by atoms with Crippen molar-refractivity contribution in [2.75, 3.05) is 26.9 Å². The Morgan fingerprint density at radius 1 is 1.73 bits per heavy atom. The van der Waals surface area contributed by atoms with E-state index in [-0.39, 0.29) is 6.61 Å². The highest BCUT2D eigenvalue weighted by atomic mass is 16.5. The molecule has 0 amide bonds. The molecule has 1 aliphatic rings. The summed E-state index contributed by atoms with van der Waals surface area (Å²) < 4.78 is 4.94. The highest BCUT2D eigenvalue weighted by molar-refractivity contribution is 5.28. The number of ether oxygens (including phenoxy) is 1. The first-order valence-corrected chi connectivity index (χ1v) is 3.58. The van der Waals surface area contributed by atoms with Gasteiger partial charge in [0.05, 0.1) is 13.2 Å². The number of dihydropyridines is 1. The first kappa shape index (κ1) is 8.30. The van der Waals surface area contributed by atoms with E-state index in [0.717, 1.165) is 17.7 Å². The summed E-state index contributed by atoms with van der Waals surface area (Å²) in [6.07, 6.45) is 3.86. The van der Waals surface area contributed by atoms with Crippen LogP contribution in [0.5, 0.6) is 0 Å². The second-order valence-electron chi connectivity index (χ2n) is 2.49. The van der Waals surface area contributed by atoms with Crippen molar-refractivity contribution in [1.82, 2.24) is 5.32 Å². The topological polar surface area (TPSA) is 41.5 Å². The second kappa shape index (κ2) is 4.16. The third kappa shape index (κ3) is 2.37. The highest BCUT2D eigenvalue weighted by Gasteiger charge is 2.02. The van der Waals surface area contributed by atoms with Crippen molar-refractivity contribution < 1.29 is 9.84 Å². The van der Waals surface area contributed by atoms with Crippen LogP contribution in [0.25, 0.3) is 0 Å². The number of rotatable bonds is 3. The van der Waals surface area contributed by atoms with Crippen LogP contribution in [-0.2, 0) is 4.74 Å². The summed E-state index contributed by atoms with van der Waals surface area (Å²) in [6.45, 7) is 1.45. The summed E-state index contributed by atoms with van der Waals surface area (Å²) in [5.41, 5.74) is 2.07. The molecule has 62 valence electrons. The first-order chi connectivity index (χ1) is 5.36. The molecule has 1 rings (SSSR count). The number of methoxy groups -OCH3 is 1. The van der Waals surface area contributed by atoms with Crippen LogP contribution in [0.1, 0.15) is 0 Å². The van der Waals surface area contributed by atoms with Gasteiger partial charge >= 0.3 is 0 Å². The molecule has 0 aromatic carbocycles. The lowest BCUT2D eigenvalue weighted by atomic mass is 10.1. The van der Waals surface area contributed by atoms with Gasteiger partial charge in [-0.1, -0.05) is 6.08 Å². The zero-order valence-corrected chi connectivity index (χ0v) is 6.63. The van der Waals surface area contributed by atoms with E-state index in [1.807, 2.05) is 12.3 Å². The van der Waals surface area contributed by atoms with E-state index in [4.69, 9.17) is 9.84 Å². The number of hydrogen-bond donors (Lipinski definition) is 2. The van der Waals surface area contributed by atoms with Crippen molar-refractivity contribution in [2.24, 2.45) is 0 Å². The fourth-order valence-electron chi connectivity index (χ4n) is 1.02. The molecule has 0 saturated carbocycles. The van der Waals surface area contributed by atoms with E-state index in [1.54, 1.807) is 7.11 Å². The fourth-order valence-corrected chi connectivity index (χ4v) is 1.02. The van der Waals surface area contributed by atoms with E-state index < -0.39 is 0 Å². The molecule has 0 bridgehead atoms. The highest BCUT2D eigenvalue weighted by Crippen LogP contribution is 2.05. The summed E-state index contributed by atoms with van der Waals surface area (Å²) in [7, 11) is 1.65. The van der Waals surface area contributed by atoms with Gasteiger partial charge in [-0.25, -0.2) is 0 Å². The maximum Gasteiger partial charge on any atom is 0.0727 e. The first-order valence-electron chi connectivity index (χ1n) is 3.58. The van der Waals surface area contributed by atoms with Gasteiger partial charge in [0.2, 0.25) is 0 Å². The van der Waals surface area contributed by atoms with Crippen molar-refractivity contribution in [1.29, 1.82) is 0 Å². The third-order valence-corrected chi connectivity index (χ3v) is 1.52. The zero-order valence-electron chi connectivity index (χ0n) is 6.63. The van der Waals surface area contributed by atoms with Crippen molar-refractivity contribution in [3.05, 3.63) is 23.4 Å². The van der Waals surface area contributed by atoms with Crippen LogP contribution in [0.15, 0.2) is 23.4 Å². The average molecular weight is 155 g/mol. The maximum absolute atomic E-state index is 8.80. The largest absolute Gasteiger partial charge is 0.392 e. The van der Waals surface area contributed by atoms with Gasteiger partial charge in [-0.3, -0.25) is 0 Å². The number of nitrogens with one attached hydrogen (secondary N) is 1. The van der Waals surface area contributed by atoms with Crippen molar-refractivity contribution in [3.63, 3.8) is 0 Å². The Kier molecular flexibility index (Phi) is 3.14. The van der Waals surface area contributed by atoms with Gasteiger partial charge < -0.3 is 15.2 Å². The van der Waals surface area contributed by atoms with Gasteiger partial charge in [0.25, 0.3) is 0 Å². The normalized spacial score (nSPS) is 16.9. The lowest BCUT2D eigenvalue weighted by Crippen LogP contribution is -2.18. The summed E-state index contributed by atoms with van der Waals surface area (Å²) in [4.78, 5) is 0. The molecular weight excluding hydrogens is 142 g/mol. The number of aliphatic hydroxyl groups excluding tert-OH is 1. The molecule has 0 radical (unpaired) electrons. The second-order valence-corrected chi connectivity index (χ2v) is 2.49. The molecule has 0 spiro atoms. The average Bonchev–Trinajstić information content (AvgIpc) is 2.06. The smallest absolute Gasteiger partial charge is 0.0727 e. The molecule has 11 heavy (non-hydrogen) atoms. The minimum Gasteiger partial charge on any atom is -0.392 e. The Bertz CT molecular complexity index is 185. The molecular formula is C8H13NO2. The summed E-state index contributed by atoms with van der Waals surface area (Å²) in [6, 6.07) is 0. The van der Waals surface area contributed by atoms with Gasteiger partial charge in [0.15, 0.2) is 0 Å². The zero-order chi connectivity index (χ0) is 8.10. The van der Waals surface area contributed by atoms with Gasteiger partial charge in [-0.2, -0.15) is 0 Å². The Balaban J connectivity index is 2.53. The van der Waals surface area contributed by atoms with Crippen molar-refractivity contribution >= 4 is 0 Å². The summed E-state index contributed by atoms with van der Waals surface area (Å²) >= 11 is 0. The minimum atomic E-state index is 0.119. The summed E-state index contributed by atoms with van der Waals surface area (Å²) in [5, 5.41) is 11.9. The maximum atomic E-state index is 8.80. The molecule has 3 heteroatoms. The van der Waals surface area contributed by atoms with E-state index >= 15 is 0 Å². The van der Waals surface area contributed by atoms with E-state index in [9.17, 15) is 0 Å². The SMILES string of the molecule is COCC1=CNCC(CO)=C1. The molecule has 0 fully saturated rings. The molecule has 0 unspecified atom stereocenters. The molecule has 0 aromatic rings. The standard InChI is InChI=1S/C8H13NO2/c1-11-6-8-2-7(5-10)3-9-4-8/h2,4,9-10H,3,5-6H2,1H3. The third-order valence-electron chi connectivity index (χ3n) is 1.52. The molecule has 3 nitrogen and oxygen atoms in total. The van der Waals surface area contributed by atoms with Crippen LogP contribution >= 0.6 is 0 Å². The van der Waals surface area contributed by atoms with Crippen molar-refractivity contribution in [3.8, 4) is 0 Å². The lowest BCUT2D eigenvalue weighted by Gasteiger charge is -2.12. The molecule has 0 aliphatic carbocycles. The van der Waals surface area contributed by atoms with E-state index in [2.05, 4.69) is 5.32 Å². The van der Waals surface area contributed by atoms with Gasteiger partial charge in [0, 0.05) is 19.9 Å². The van der Waals surface area contributed by atoms with Crippen LogP contribution in [0, 0.1) is 0 Å². The Morgan fingerprint density at radius 2 is 2.55 bits per heavy atom. The fraction of sp³-hybridized carbons (Fsp3) is 0.500. The Hall–Kier alpha value is -0.800. The predicted molar refractivity (Wildman–Crippen MR) is 43.1 cm³/mol. The quantitative estimate of drug-likeness (QED) is 0.604. The van der Waals surface area contributed by atoms with Crippen LogP contribution < -0.4 is 5.32 Å². The van der Waals surface area contributed by atoms with Crippen LogP contribution in [0.4, 0.5) is 0 Å². The molecule has 2 N–H and O–H groups in total. The van der Waals surface area contributed by atoms with E-state index in [0.29, 0.717) is 6.61 Å². The van der Waals surface area contributed by atoms with Crippen LogP contribution in [0.3, 0.4) is 0 Å². The molecule has 1 aliphatic heterocycles. The minimum absolute atomic E-state index is 0.119. The predicted octanol–water partition coefficient (Wildman–Crippen LogP) is 0.0386. The Morgan fingerprint density at radius 3 is 3.18 bits per heavy atom. The molecule has 0 saturated heterocycles. The van der Waals surface area contributed by atoms with E-state index in [1.165, 1.54) is 0 Å². The van der Waals surface area contributed by atoms with Gasteiger partial charge in [-0.05, 0) is 11.1 Å².